The second-order valence-corrected chi connectivity index (χ2v) is 3.81. The van der Waals surface area contributed by atoms with Crippen LogP contribution in [0.2, 0.25) is 0 Å². The van der Waals surface area contributed by atoms with Gasteiger partial charge in [-0.15, -0.1) is 0 Å². The van der Waals surface area contributed by atoms with E-state index in [-0.39, 0.29) is 18.1 Å². The van der Waals surface area contributed by atoms with E-state index in [0.29, 0.717) is 11.8 Å². The molecule has 0 aliphatic rings. The summed E-state index contributed by atoms with van der Waals surface area (Å²) >= 11 is 0.655. The average molecular weight is 225 g/mol. The predicted molar refractivity (Wildman–Crippen MR) is 48.0 cm³/mol. The standard InChI is InChI=1S/C7H10F3N3S/c8-7(9,10)5(1-2-11)14-6-12-3-4-13-6/h3-5H,1-2,11H2,(H,12,13). The minimum absolute atomic E-state index is 0.0118. The number of hydrogen-bond donors (Lipinski definition) is 2. The summed E-state index contributed by atoms with van der Waals surface area (Å²) in [6.45, 7) is 0.0118. The van der Waals surface area contributed by atoms with Crippen LogP contribution in [0.3, 0.4) is 0 Å². The Morgan fingerprint density at radius 1 is 1.57 bits per heavy atom. The highest BCUT2D eigenvalue weighted by molar-refractivity contribution is 7.99. The molecule has 3 nitrogen and oxygen atoms in total. The lowest BCUT2D eigenvalue weighted by Gasteiger charge is -2.17. The second-order valence-electron chi connectivity index (χ2n) is 2.62. The Morgan fingerprint density at radius 3 is 2.71 bits per heavy atom. The number of nitrogens with one attached hydrogen (secondary N) is 1. The molecule has 3 N–H and O–H groups in total. The molecule has 1 aromatic rings. The second kappa shape index (κ2) is 4.70. The van der Waals surface area contributed by atoms with Gasteiger partial charge in [0.05, 0.1) is 0 Å². The van der Waals surface area contributed by atoms with Crippen LogP contribution in [0.25, 0.3) is 0 Å². The zero-order valence-electron chi connectivity index (χ0n) is 7.21. The topological polar surface area (TPSA) is 54.7 Å². The van der Waals surface area contributed by atoms with Crippen LogP contribution < -0.4 is 5.73 Å². The molecule has 7 heteroatoms. The maximum Gasteiger partial charge on any atom is 0.401 e. The molecular weight excluding hydrogens is 215 g/mol. The minimum Gasteiger partial charge on any atom is -0.340 e. The van der Waals surface area contributed by atoms with E-state index < -0.39 is 11.4 Å². The Bertz CT molecular complexity index is 260. The molecule has 1 unspecified atom stereocenters. The van der Waals surface area contributed by atoms with Crippen molar-refractivity contribution in [3.63, 3.8) is 0 Å². The van der Waals surface area contributed by atoms with Crippen LogP contribution in [-0.4, -0.2) is 27.9 Å². The van der Waals surface area contributed by atoms with E-state index in [4.69, 9.17) is 5.73 Å². The van der Waals surface area contributed by atoms with Gasteiger partial charge < -0.3 is 10.7 Å². The first-order valence-corrected chi connectivity index (χ1v) is 4.85. The third kappa shape index (κ3) is 3.22. The van der Waals surface area contributed by atoms with Crippen LogP contribution in [0, 0.1) is 0 Å². The Balaban J connectivity index is 2.60. The van der Waals surface area contributed by atoms with Crippen molar-refractivity contribution in [3.8, 4) is 0 Å². The van der Waals surface area contributed by atoms with Crippen molar-refractivity contribution in [1.29, 1.82) is 0 Å². The number of aromatic nitrogens is 2. The lowest BCUT2D eigenvalue weighted by Crippen LogP contribution is -2.28. The molecule has 1 heterocycles. The number of aromatic amines is 1. The SMILES string of the molecule is NCCC(Sc1ncc[nH]1)C(F)(F)F. The van der Waals surface area contributed by atoms with Gasteiger partial charge in [-0.3, -0.25) is 0 Å². The van der Waals surface area contributed by atoms with Crippen LogP contribution in [0.5, 0.6) is 0 Å². The Labute approximate surface area is 83.3 Å². The van der Waals surface area contributed by atoms with Gasteiger partial charge in [0, 0.05) is 12.4 Å². The van der Waals surface area contributed by atoms with E-state index in [1.165, 1.54) is 12.4 Å². The van der Waals surface area contributed by atoms with Gasteiger partial charge in [0.15, 0.2) is 5.16 Å². The van der Waals surface area contributed by atoms with Crippen molar-refractivity contribution in [1.82, 2.24) is 9.97 Å². The number of H-pyrrole nitrogens is 1. The van der Waals surface area contributed by atoms with E-state index in [1.807, 2.05) is 0 Å². The molecule has 0 aromatic carbocycles. The Morgan fingerprint density at radius 2 is 2.29 bits per heavy atom. The maximum absolute atomic E-state index is 12.4. The molecule has 0 aliphatic heterocycles. The number of thioether (sulfide) groups is 1. The maximum atomic E-state index is 12.4. The lowest BCUT2D eigenvalue weighted by atomic mass is 10.3. The first-order valence-electron chi connectivity index (χ1n) is 3.97. The normalized spacial score (nSPS) is 14.3. The Kier molecular flexibility index (Phi) is 3.82. The zero-order chi connectivity index (χ0) is 10.6. The average Bonchev–Trinajstić information content (AvgIpc) is 2.54. The van der Waals surface area contributed by atoms with Crippen molar-refractivity contribution in [2.75, 3.05) is 6.54 Å². The summed E-state index contributed by atoms with van der Waals surface area (Å²) in [6.07, 6.45) is -1.44. The predicted octanol–water partition coefficient (Wildman–Crippen LogP) is 1.78. The summed E-state index contributed by atoms with van der Waals surface area (Å²) in [7, 11) is 0. The Hall–Kier alpha value is -0.690. The molecule has 1 aromatic heterocycles. The van der Waals surface area contributed by atoms with Crippen LogP contribution in [0.15, 0.2) is 17.6 Å². The summed E-state index contributed by atoms with van der Waals surface area (Å²) in [6, 6.07) is 0. The van der Waals surface area contributed by atoms with Crippen molar-refractivity contribution >= 4 is 11.8 Å². The first-order chi connectivity index (χ1) is 6.54. The van der Waals surface area contributed by atoms with Gasteiger partial charge in [-0.2, -0.15) is 13.2 Å². The highest BCUT2D eigenvalue weighted by Gasteiger charge is 2.40. The largest absolute Gasteiger partial charge is 0.401 e. The zero-order valence-corrected chi connectivity index (χ0v) is 8.03. The van der Waals surface area contributed by atoms with E-state index in [1.54, 1.807) is 0 Å². The highest BCUT2D eigenvalue weighted by atomic mass is 32.2. The number of nitrogens with zero attached hydrogens (tertiary/aromatic N) is 1. The summed E-state index contributed by atoms with van der Waals surface area (Å²) in [4.78, 5) is 6.33. The van der Waals surface area contributed by atoms with Crippen molar-refractivity contribution < 1.29 is 13.2 Å². The van der Waals surface area contributed by atoms with Crippen molar-refractivity contribution in [2.45, 2.75) is 23.0 Å². The molecule has 0 fully saturated rings. The summed E-state index contributed by atoms with van der Waals surface area (Å²) in [5.41, 5.74) is 5.11. The fraction of sp³-hybridized carbons (Fsp3) is 0.571. The van der Waals surface area contributed by atoms with Gasteiger partial charge in [0.2, 0.25) is 0 Å². The van der Waals surface area contributed by atoms with Gasteiger partial charge >= 0.3 is 6.18 Å². The number of alkyl halides is 3. The molecular formula is C7H10F3N3S. The van der Waals surface area contributed by atoms with E-state index in [0.717, 1.165) is 0 Å². The monoisotopic (exact) mass is 225 g/mol. The van der Waals surface area contributed by atoms with Crippen LogP contribution in [0.4, 0.5) is 13.2 Å². The molecule has 0 amide bonds. The fourth-order valence-corrected chi connectivity index (χ4v) is 1.81. The van der Waals surface area contributed by atoms with Gasteiger partial charge in [0.1, 0.15) is 5.25 Å². The smallest absolute Gasteiger partial charge is 0.340 e. The third-order valence-corrected chi connectivity index (χ3v) is 2.75. The summed E-state index contributed by atoms with van der Waals surface area (Å²) in [5.74, 6) is 0. The summed E-state index contributed by atoms with van der Waals surface area (Å²) in [5, 5.41) is -1.22. The molecule has 0 aliphatic carbocycles. The molecule has 0 saturated heterocycles. The van der Waals surface area contributed by atoms with Crippen LogP contribution in [-0.2, 0) is 0 Å². The molecule has 0 saturated carbocycles. The van der Waals surface area contributed by atoms with Gasteiger partial charge in [-0.25, -0.2) is 4.98 Å². The van der Waals surface area contributed by atoms with Crippen LogP contribution in [0.1, 0.15) is 6.42 Å². The molecule has 0 spiro atoms. The van der Waals surface area contributed by atoms with Crippen molar-refractivity contribution in [3.05, 3.63) is 12.4 Å². The molecule has 1 rings (SSSR count). The van der Waals surface area contributed by atoms with E-state index in [2.05, 4.69) is 9.97 Å². The fourth-order valence-electron chi connectivity index (χ4n) is 0.891. The number of imidazole rings is 1. The quantitative estimate of drug-likeness (QED) is 0.768. The van der Waals surface area contributed by atoms with Gasteiger partial charge in [-0.1, -0.05) is 11.8 Å². The lowest BCUT2D eigenvalue weighted by molar-refractivity contribution is -0.129. The highest BCUT2D eigenvalue weighted by Crippen LogP contribution is 2.35. The van der Waals surface area contributed by atoms with Crippen LogP contribution >= 0.6 is 11.8 Å². The minimum atomic E-state index is -4.24. The van der Waals surface area contributed by atoms with Gasteiger partial charge in [0.25, 0.3) is 0 Å². The number of halogens is 3. The van der Waals surface area contributed by atoms with E-state index >= 15 is 0 Å². The van der Waals surface area contributed by atoms with Crippen molar-refractivity contribution in [2.24, 2.45) is 5.73 Å². The first kappa shape index (κ1) is 11.4. The number of rotatable bonds is 4. The molecule has 14 heavy (non-hydrogen) atoms. The van der Waals surface area contributed by atoms with Gasteiger partial charge in [-0.05, 0) is 13.0 Å². The molecule has 0 bridgehead atoms. The number of hydrogen-bond acceptors (Lipinski definition) is 3. The molecule has 1 atom stereocenters. The molecule has 0 radical (unpaired) electrons. The third-order valence-electron chi connectivity index (χ3n) is 1.52. The number of nitrogens with two attached hydrogens (primary N) is 1. The van der Waals surface area contributed by atoms with E-state index in [9.17, 15) is 13.2 Å². The molecule has 80 valence electrons. The summed E-state index contributed by atoms with van der Waals surface area (Å²) < 4.78 is 37.1.